The van der Waals surface area contributed by atoms with Gasteiger partial charge in [-0.05, 0) is 31.0 Å². The van der Waals surface area contributed by atoms with Gasteiger partial charge in [-0.25, -0.2) is 9.97 Å². The van der Waals surface area contributed by atoms with Gasteiger partial charge in [0.2, 0.25) is 0 Å². The first kappa shape index (κ1) is 17.6. The Morgan fingerprint density at radius 3 is 2.82 bits per heavy atom. The number of benzene rings is 1. The van der Waals surface area contributed by atoms with E-state index in [0.29, 0.717) is 0 Å². The molecule has 144 valence electrons. The predicted octanol–water partition coefficient (Wildman–Crippen LogP) is 5.05. The van der Waals surface area contributed by atoms with Gasteiger partial charge in [0.1, 0.15) is 12.1 Å². The number of fused-ring (bicyclic) bond motifs is 2. The molecule has 1 aromatic carbocycles. The maximum absolute atomic E-state index is 4.55. The van der Waals surface area contributed by atoms with Crippen molar-refractivity contribution >= 4 is 22.4 Å². The number of nitrogens with zero attached hydrogens (tertiary/aromatic N) is 4. The Hall–Kier alpha value is -2.53. The zero-order valence-corrected chi connectivity index (χ0v) is 16.3. The molecular formula is C23H27N5. The Morgan fingerprint density at radius 1 is 1.00 bits per heavy atom. The molecule has 0 unspecified atom stereocenters. The molecule has 5 heteroatoms. The van der Waals surface area contributed by atoms with Gasteiger partial charge in [-0.3, -0.25) is 9.88 Å². The molecule has 2 aromatic heterocycles. The van der Waals surface area contributed by atoms with Gasteiger partial charge in [-0.15, -0.1) is 0 Å². The monoisotopic (exact) mass is 373 g/mol. The number of aromatic nitrogens is 3. The lowest BCUT2D eigenvalue weighted by atomic mass is 9.87. The summed E-state index contributed by atoms with van der Waals surface area (Å²) >= 11 is 0. The molecule has 0 amide bonds. The quantitative estimate of drug-likeness (QED) is 0.678. The van der Waals surface area contributed by atoms with Gasteiger partial charge in [0.05, 0.1) is 23.1 Å². The summed E-state index contributed by atoms with van der Waals surface area (Å²) in [4.78, 5) is 16.2. The van der Waals surface area contributed by atoms with E-state index in [9.17, 15) is 0 Å². The molecule has 3 aromatic rings. The number of hydrogen-bond acceptors (Lipinski definition) is 5. The molecule has 28 heavy (non-hydrogen) atoms. The molecule has 2 aliphatic rings. The third-order valence-corrected chi connectivity index (χ3v) is 6.22. The Bertz CT molecular complexity index is 964. The average Bonchev–Trinajstić information content (AvgIpc) is 3.17. The molecule has 5 rings (SSSR count). The zero-order chi connectivity index (χ0) is 18.8. The van der Waals surface area contributed by atoms with Gasteiger partial charge in [-0.1, -0.05) is 50.3 Å². The van der Waals surface area contributed by atoms with Crippen molar-refractivity contribution in [2.24, 2.45) is 5.92 Å². The summed E-state index contributed by atoms with van der Waals surface area (Å²) in [5.74, 6) is 1.84. The van der Waals surface area contributed by atoms with Crippen LogP contribution in [0.5, 0.6) is 0 Å². The smallest absolute Gasteiger partial charge is 0.138 e. The van der Waals surface area contributed by atoms with Crippen LogP contribution in [0.15, 0.2) is 42.9 Å². The second-order valence-electron chi connectivity index (χ2n) is 8.19. The average molecular weight is 374 g/mol. The third-order valence-electron chi connectivity index (χ3n) is 6.22. The zero-order valence-electron chi connectivity index (χ0n) is 16.3. The molecule has 1 aliphatic carbocycles. The van der Waals surface area contributed by atoms with Crippen LogP contribution in [0.4, 0.5) is 11.5 Å². The normalized spacial score (nSPS) is 17.7. The molecule has 1 saturated carbocycles. The van der Waals surface area contributed by atoms with E-state index >= 15 is 0 Å². The van der Waals surface area contributed by atoms with Crippen molar-refractivity contribution in [3.8, 4) is 0 Å². The minimum atomic E-state index is 0.919. The summed E-state index contributed by atoms with van der Waals surface area (Å²) in [5, 5.41) is 4.61. The van der Waals surface area contributed by atoms with Crippen molar-refractivity contribution in [3.05, 3.63) is 54.1 Å². The van der Waals surface area contributed by atoms with E-state index in [1.165, 1.54) is 44.1 Å². The van der Waals surface area contributed by atoms with E-state index in [2.05, 4.69) is 37.3 Å². The lowest BCUT2D eigenvalue weighted by Gasteiger charge is -2.24. The molecule has 1 N–H and O–H groups in total. The third kappa shape index (κ3) is 3.72. The fourth-order valence-electron chi connectivity index (χ4n) is 4.63. The van der Waals surface area contributed by atoms with Gasteiger partial charge in [0.25, 0.3) is 0 Å². The van der Waals surface area contributed by atoms with E-state index < -0.39 is 0 Å². The fraction of sp³-hybridized carbons (Fsp3) is 0.435. The number of anilines is 2. The molecule has 0 atom stereocenters. The second-order valence-corrected chi connectivity index (χ2v) is 8.19. The number of para-hydroxylation sites is 1. The Kier molecular flexibility index (Phi) is 4.92. The summed E-state index contributed by atoms with van der Waals surface area (Å²) in [5.41, 5.74) is 4.38. The highest BCUT2D eigenvalue weighted by Crippen LogP contribution is 2.31. The van der Waals surface area contributed by atoms with E-state index in [4.69, 9.17) is 0 Å². The maximum Gasteiger partial charge on any atom is 0.138 e. The first-order chi connectivity index (χ1) is 13.8. The standard InChI is InChI=1S/C23H27N5/c1-2-6-17(7-3-1)10-11-28-14-20-22(15-28)25-16-26-23(20)27-19-12-18-8-4-5-9-21(18)24-13-19/h4-5,8-9,12-13,16-17H,1-3,6-7,10-11,14-15H2,(H,25,26,27). The number of nitrogens with one attached hydrogen (secondary N) is 1. The molecule has 0 spiro atoms. The lowest BCUT2D eigenvalue weighted by molar-refractivity contribution is 0.235. The van der Waals surface area contributed by atoms with Crippen LogP contribution in [0.3, 0.4) is 0 Å². The van der Waals surface area contributed by atoms with Gasteiger partial charge < -0.3 is 5.32 Å². The molecule has 1 aliphatic heterocycles. The van der Waals surface area contributed by atoms with Crippen LogP contribution in [0, 0.1) is 5.92 Å². The van der Waals surface area contributed by atoms with Crippen LogP contribution in [0.25, 0.3) is 10.9 Å². The van der Waals surface area contributed by atoms with Crippen molar-refractivity contribution in [2.45, 2.75) is 51.6 Å². The summed E-state index contributed by atoms with van der Waals surface area (Å²) in [6.45, 7) is 3.04. The Labute approximate surface area is 166 Å². The lowest BCUT2D eigenvalue weighted by Crippen LogP contribution is -2.21. The first-order valence-corrected chi connectivity index (χ1v) is 10.5. The number of rotatable bonds is 5. The summed E-state index contributed by atoms with van der Waals surface area (Å²) in [6.07, 6.45) is 12.0. The molecule has 1 fully saturated rings. The molecule has 0 saturated heterocycles. The van der Waals surface area contributed by atoms with E-state index in [0.717, 1.165) is 53.7 Å². The largest absolute Gasteiger partial charge is 0.339 e. The molecule has 0 radical (unpaired) electrons. The second kappa shape index (κ2) is 7.84. The van der Waals surface area contributed by atoms with Gasteiger partial charge in [-0.2, -0.15) is 0 Å². The topological polar surface area (TPSA) is 53.9 Å². The van der Waals surface area contributed by atoms with Crippen LogP contribution in [-0.4, -0.2) is 26.4 Å². The van der Waals surface area contributed by atoms with Gasteiger partial charge in [0, 0.05) is 24.0 Å². The molecule has 3 heterocycles. The van der Waals surface area contributed by atoms with Crippen LogP contribution < -0.4 is 5.32 Å². The highest BCUT2D eigenvalue weighted by Gasteiger charge is 2.25. The summed E-state index contributed by atoms with van der Waals surface area (Å²) in [7, 11) is 0. The van der Waals surface area contributed by atoms with Crippen molar-refractivity contribution in [3.63, 3.8) is 0 Å². The van der Waals surface area contributed by atoms with Gasteiger partial charge in [0.15, 0.2) is 0 Å². The molecule has 0 bridgehead atoms. The van der Waals surface area contributed by atoms with Crippen LogP contribution in [-0.2, 0) is 13.1 Å². The van der Waals surface area contributed by atoms with Gasteiger partial charge >= 0.3 is 0 Å². The number of hydrogen-bond donors (Lipinski definition) is 1. The predicted molar refractivity (Wildman–Crippen MR) is 112 cm³/mol. The summed E-state index contributed by atoms with van der Waals surface area (Å²) < 4.78 is 0. The highest BCUT2D eigenvalue weighted by molar-refractivity contribution is 5.82. The molecular weight excluding hydrogens is 346 g/mol. The van der Waals surface area contributed by atoms with Crippen molar-refractivity contribution in [1.29, 1.82) is 0 Å². The molecule has 5 nitrogen and oxygen atoms in total. The number of pyridine rings is 1. The summed E-state index contributed by atoms with van der Waals surface area (Å²) in [6, 6.07) is 10.3. The van der Waals surface area contributed by atoms with Crippen molar-refractivity contribution in [1.82, 2.24) is 19.9 Å². The van der Waals surface area contributed by atoms with Crippen LogP contribution in [0.1, 0.15) is 49.8 Å². The van der Waals surface area contributed by atoms with Crippen molar-refractivity contribution < 1.29 is 0 Å². The maximum atomic E-state index is 4.55. The minimum Gasteiger partial charge on any atom is -0.339 e. The van der Waals surface area contributed by atoms with E-state index in [1.54, 1.807) is 6.33 Å². The first-order valence-electron chi connectivity index (χ1n) is 10.5. The van der Waals surface area contributed by atoms with Crippen LogP contribution >= 0.6 is 0 Å². The Morgan fingerprint density at radius 2 is 1.89 bits per heavy atom. The Balaban J connectivity index is 1.28. The fourth-order valence-corrected chi connectivity index (χ4v) is 4.63. The minimum absolute atomic E-state index is 0.919. The van der Waals surface area contributed by atoms with E-state index in [1.807, 2.05) is 24.4 Å². The SMILES string of the molecule is c1ccc2ncc(Nc3ncnc4c3CN(CCC3CCCCC3)C4)cc2c1. The van der Waals surface area contributed by atoms with Crippen LogP contribution in [0.2, 0.25) is 0 Å². The van der Waals surface area contributed by atoms with E-state index in [-0.39, 0.29) is 0 Å². The highest BCUT2D eigenvalue weighted by atomic mass is 15.2. The van der Waals surface area contributed by atoms with Crippen molar-refractivity contribution in [2.75, 3.05) is 11.9 Å².